The standard InChI is InChI=1S/C9H9NO2S/c1-5-3-6(12-2)8-7(4-5)13-9(11)10-8/h3-4H,1-2H3,(H,10,11). The highest BCUT2D eigenvalue weighted by atomic mass is 32.1. The van der Waals surface area contributed by atoms with Crippen LogP contribution in [0, 0.1) is 6.92 Å². The van der Waals surface area contributed by atoms with Crippen molar-refractivity contribution < 1.29 is 4.74 Å². The minimum atomic E-state index is -0.0427. The van der Waals surface area contributed by atoms with Crippen LogP contribution in [0.5, 0.6) is 5.75 Å². The molecule has 0 saturated carbocycles. The number of benzene rings is 1. The van der Waals surface area contributed by atoms with E-state index in [9.17, 15) is 4.79 Å². The van der Waals surface area contributed by atoms with Gasteiger partial charge in [0.1, 0.15) is 11.3 Å². The molecule has 1 heterocycles. The topological polar surface area (TPSA) is 42.1 Å². The Morgan fingerprint density at radius 2 is 2.23 bits per heavy atom. The molecule has 0 atom stereocenters. The average Bonchev–Trinajstić information content (AvgIpc) is 2.43. The molecule has 0 aliphatic heterocycles. The fraction of sp³-hybridized carbons (Fsp3) is 0.222. The Kier molecular flexibility index (Phi) is 1.84. The van der Waals surface area contributed by atoms with Gasteiger partial charge in [0, 0.05) is 0 Å². The second kappa shape index (κ2) is 2.88. The number of ether oxygens (including phenoxy) is 1. The van der Waals surface area contributed by atoms with Gasteiger partial charge in [-0.15, -0.1) is 0 Å². The number of hydrogen-bond donors (Lipinski definition) is 1. The van der Waals surface area contributed by atoms with Crippen LogP contribution in [0.15, 0.2) is 16.9 Å². The Labute approximate surface area is 79.0 Å². The predicted molar refractivity (Wildman–Crippen MR) is 53.7 cm³/mol. The largest absolute Gasteiger partial charge is 0.495 e. The monoisotopic (exact) mass is 195 g/mol. The molecule has 0 aliphatic rings. The summed E-state index contributed by atoms with van der Waals surface area (Å²) in [5.74, 6) is 0.730. The number of aromatic nitrogens is 1. The van der Waals surface area contributed by atoms with Gasteiger partial charge < -0.3 is 9.72 Å². The molecular formula is C9H9NO2S. The molecule has 1 aromatic heterocycles. The summed E-state index contributed by atoms with van der Waals surface area (Å²) in [5.41, 5.74) is 1.89. The minimum absolute atomic E-state index is 0.0427. The summed E-state index contributed by atoms with van der Waals surface area (Å²) in [6.45, 7) is 1.98. The van der Waals surface area contributed by atoms with Gasteiger partial charge in [0.2, 0.25) is 0 Å². The normalized spacial score (nSPS) is 10.6. The van der Waals surface area contributed by atoms with E-state index < -0.39 is 0 Å². The van der Waals surface area contributed by atoms with Gasteiger partial charge in [-0.05, 0) is 24.6 Å². The third-order valence-corrected chi connectivity index (χ3v) is 2.69. The summed E-state index contributed by atoms with van der Waals surface area (Å²) in [4.78, 5) is 13.8. The maximum absolute atomic E-state index is 11.1. The molecule has 2 rings (SSSR count). The number of nitrogens with one attached hydrogen (secondary N) is 1. The number of rotatable bonds is 1. The molecule has 1 N–H and O–H groups in total. The summed E-state index contributed by atoms with van der Waals surface area (Å²) >= 11 is 1.20. The highest BCUT2D eigenvalue weighted by molar-refractivity contribution is 7.16. The van der Waals surface area contributed by atoms with E-state index in [0.717, 1.165) is 21.5 Å². The number of H-pyrrole nitrogens is 1. The third kappa shape index (κ3) is 1.33. The number of hydrogen-bond acceptors (Lipinski definition) is 3. The SMILES string of the molecule is COc1cc(C)cc2sc(=O)[nH]c12. The lowest BCUT2D eigenvalue weighted by atomic mass is 10.2. The molecule has 0 bridgehead atoms. The van der Waals surface area contributed by atoms with Crippen molar-refractivity contribution in [2.24, 2.45) is 0 Å². The van der Waals surface area contributed by atoms with E-state index in [-0.39, 0.29) is 4.87 Å². The Balaban J connectivity index is 2.88. The first-order chi connectivity index (χ1) is 6.20. The number of methoxy groups -OCH3 is 1. The van der Waals surface area contributed by atoms with E-state index in [1.54, 1.807) is 7.11 Å². The fourth-order valence-electron chi connectivity index (χ4n) is 1.31. The van der Waals surface area contributed by atoms with Crippen LogP contribution in [0.3, 0.4) is 0 Å². The van der Waals surface area contributed by atoms with Crippen molar-refractivity contribution in [2.45, 2.75) is 6.92 Å². The number of aromatic amines is 1. The van der Waals surface area contributed by atoms with Crippen LogP contribution in [0.25, 0.3) is 10.2 Å². The van der Waals surface area contributed by atoms with Crippen molar-refractivity contribution >= 4 is 21.6 Å². The molecule has 3 nitrogen and oxygen atoms in total. The van der Waals surface area contributed by atoms with Crippen molar-refractivity contribution in [3.63, 3.8) is 0 Å². The van der Waals surface area contributed by atoms with E-state index >= 15 is 0 Å². The second-order valence-electron chi connectivity index (χ2n) is 2.85. The lowest BCUT2D eigenvalue weighted by Crippen LogP contribution is -1.91. The number of aryl methyl sites for hydroxylation is 1. The molecule has 0 amide bonds. The van der Waals surface area contributed by atoms with Crippen molar-refractivity contribution in [1.82, 2.24) is 4.98 Å². The van der Waals surface area contributed by atoms with Crippen molar-refractivity contribution in [2.75, 3.05) is 7.11 Å². The zero-order chi connectivity index (χ0) is 9.42. The summed E-state index contributed by atoms with van der Waals surface area (Å²) in [6.07, 6.45) is 0. The summed E-state index contributed by atoms with van der Waals surface area (Å²) in [7, 11) is 1.60. The van der Waals surface area contributed by atoms with Crippen LogP contribution in [-0.4, -0.2) is 12.1 Å². The predicted octanol–water partition coefficient (Wildman–Crippen LogP) is 1.91. The van der Waals surface area contributed by atoms with E-state index in [1.165, 1.54) is 11.3 Å². The van der Waals surface area contributed by atoms with Crippen molar-refractivity contribution in [1.29, 1.82) is 0 Å². The maximum atomic E-state index is 11.1. The molecule has 0 fully saturated rings. The summed E-state index contributed by atoms with van der Waals surface area (Å²) in [5, 5.41) is 0. The number of fused-ring (bicyclic) bond motifs is 1. The van der Waals surface area contributed by atoms with Crippen LogP contribution in [0.2, 0.25) is 0 Å². The first-order valence-corrected chi connectivity index (χ1v) is 4.70. The second-order valence-corrected chi connectivity index (χ2v) is 3.87. The fourth-order valence-corrected chi connectivity index (χ4v) is 2.16. The number of thiazole rings is 1. The summed E-state index contributed by atoms with van der Waals surface area (Å²) < 4.78 is 6.10. The molecule has 13 heavy (non-hydrogen) atoms. The zero-order valence-corrected chi connectivity index (χ0v) is 8.20. The van der Waals surface area contributed by atoms with Crippen molar-refractivity contribution in [3.05, 3.63) is 27.4 Å². The molecule has 0 unspecified atom stereocenters. The van der Waals surface area contributed by atoms with Gasteiger partial charge in [-0.3, -0.25) is 4.79 Å². The average molecular weight is 195 g/mol. The Morgan fingerprint density at radius 1 is 1.46 bits per heavy atom. The molecule has 0 radical (unpaired) electrons. The molecule has 68 valence electrons. The van der Waals surface area contributed by atoms with Crippen LogP contribution < -0.4 is 9.61 Å². The van der Waals surface area contributed by atoms with Crippen molar-refractivity contribution in [3.8, 4) is 5.75 Å². The zero-order valence-electron chi connectivity index (χ0n) is 7.38. The van der Waals surface area contributed by atoms with Gasteiger partial charge in [-0.25, -0.2) is 0 Å². The highest BCUT2D eigenvalue weighted by Gasteiger charge is 2.05. The van der Waals surface area contributed by atoms with E-state index in [2.05, 4.69) is 4.98 Å². The van der Waals surface area contributed by atoms with E-state index in [4.69, 9.17) is 4.74 Å². The molecule has 4 heteroatoms. The smallest absolute Gasteiger partial charge is 0.305 e. The van der Waals surface area contributed by atoms with Crippen LogP contribution >= 0.6 is 11.3 Å². The Hall–Kier alpha value is -1.29. The molecule has 2 aromatic rings. The maximum Gasteiger partial charge on any atom is 0.305 e. The Bertz CT molecular complexity index is 498. The van der Waals surface area contributed by atoms with Crippen LogP contribution in [-0.2, 0) is 0 Å². The quantitative estimate of drug-likeness (QED) is 0.755. The first-order valence-electron chi connectivity index (χ1n) is 3.88. The van der Waals surface area contributed by atoms with Crippen LogP contribution in [0.4, 0.5) is 0 Å². The van der Waals surface area contributed by atoms with Crippen LogP contribution in [0.1, 0.15) is 5.56 Å². The van der Waals surface area contributed by atoms with Gasteiger partial charge in [0.15, 0.2) is 0 Å². The Morgan fingerprint density at radius 3 is 2.92 bits per heavy atom. The van der Waals surface area contributed by atoms with Gasteiger partial charge in [-0.2, -0.15) is 0 Å². The van der Waals surface area contributed by atoms with E-state index in [0.29, 0.717) is 0 Å². The lowest BCUT2D eigenvalue weighted by molar-refractivity contribution is 0.418. The first kappa shape index (κ1) is 8.31. The summed E-state index contributed by atoms with van der Waals surface area (Å²) in [6, 6.07) is 3.88. The molecular weight excluding hydrogens is 186 g/mol. The van der Waals surface area contributed by atoms with Gasteiger partial charge in [-0.1, -0.05) is 11.3 Å². The highest BCUT2D eigenvalue weighted by Crippen LogP contribution is 2.26. The van der Waals surface area contributed by atoms with Gasteiger partial charge in [0.25, 0.3) is 0 Å². The third-order valence-electron chi connectivity index (χ3n) is 1.86. The molecule has 0 spiro atoms. The van der Waals surface area contributed by atoms with E-state index in [1.807, 2.05) is 19.1 Å². The molecule has 1 aromatic carbocycles. The van der Waals surface area contributed by atoms with Gasteiger partial charge in [0.05, 0.1) is 11.8 Å². The molecule has 0 saturated heterocycles. The minimum Gasteiger partial charge on any atom is -0.495 e. The molecule has 0 aliphatic carbocycles. The lowest BCUT2D eigenvalue weighted by Gasteiger charge is -2.01. The van der Waals surface area contributed by atoms with Gasteiger partial charge >= 0.3 is 4.87 Å².